The fourth-order valence-corrected chi connectivity index (χ4v) is 5.23. The smallest absolute Gasteiger partial charge is 0.169 e. The van der Waals surface area contributed by atoms with Crippen molar-refractivity contribution in [3.8, 4) is 0 Å². The maximum Gasteiger partial charge on any atom is 0.169 e. The second-order valence-corrected chi connectivity index (χ2v) is 7.68. The predicted molar refractivity (Wildman–Crippen MR) is 95.0 cm³/mol. The van der Waals surface area contributed by atoms with Crippen molar-refractivity contribution in [3.63, 3.8) is 0 Å². The minimum atomic E-state index is 0.900. The van der Waals surface area contributed by atoms with Gasteiger partial charge in [-0.15, -0.1) is 23.5 Å². The molecule has 2 aliphatic rings. The SMILES string of the molecule is CSC1=C(c2cc(SC)c3occc3c2)N2CCN=C2S1. The van der Waals surface area contributed by atoms with Crippen LogP contribution in [0.4, 0.5) is 0 Å². The molecule has 4 rings (SSSR count). The molecule has 3 nitrogen and oxygen atoms in total. The van der Waals surface area contributed by atoms with Crippen LogP contribution >= 0.6 is 35.3 Å². The lowest BCUT2D eigenvalue weighted by Gasteiger charge is -2.17. The Morgan fingerprint density at radius 1 is 1.29 bits per heavy atom. The third-order valence-corrected chi connectivity index (χ3v) is 6.61. The third-order valence-electron chi connectivity index (χ3n) is 3.64. The van der Waals surface area contributed by atoms with E-state index in [-0.39, 0.29) is 0 Å². The highest BCUT2D eigenvalue weighted by molar-refractivity contribution is 8.30. The Morgan fingerprint density at radius 3 is 3.00 bits per heavy atom. The molecule has 0 amide bonds. The molecule has 0 atom stereocenters. The minimum absolute atomic E-state index is 0.900. The molecular formula is C15H14N2OS3. The molecule has 0 bridgehead atoms. The highest BCUT2D eigenvalue weighted by Gasteiger charge is 2.33. The monoisotopic (exact) mass is 334 g/mol. The van der Waals surface area contributed by atoms with Crippen LogP contribution in [0.5, 0.6) is 0 Å². The lowest BCUT2D eigenvalue weighted by atomic mass is 10.1. The van der Waals surface area contributed by atoms with Crippen LogP contribution in [0.3, 0.4) is 0 Å². The van der Waals surface area contributed by atoms with E-state index in [9.17, 15) is 0 Å². The van der Waals surface area contributed by atoms with Crippen LogP contribution in [-0.2, 0) is 0 Å². The third kappa shape index (κ3) is 2.12. The predicted octanol–water partition coefficient (Wildman–Crippen LogP) is 4.56. The van der Waals surface area contributed by atoms with E-state index in [4.69, 9.17) is 4.42 Å². The molecule has 21 heavy (non-hydrogen) atoms. The van der Waals surface area contributed by atoms with Gasteiger partial charge >= 0.3 is 0 Å². The van der Waals surface area contributed by atoms with Crippen LogP contribution in [0.2, 0.25) is 0 Å². The average molecular weight is 334 g/mol. The zero-order valence-electron chi connectivity index (χ0n) is 11.8. The molecule has 0 saturated carbocycles. The van der Waals surface area contributed by atoms with Gasteiger partial charge in [0.25, 0.3) is 0 Å². The number of hydrogen-bond acceptors (Lipinski definition) is 6. The van der Waals surface area contributed by atoms with Crippen LogP contribution in [0, 0.1) is 0 Å². The molecular weight excluding hydrogens is 320 g/mol. The molecule has 0 fully saturated rings. The van der Waals surface area contributed by atoms with E-state index in [0.717, 1.165) is 23.8 Å². The summed E-state index contributed by atoms with van der Waals surface area (Å²) in [4.78, 5) is 8.13. The number of amidine groups is 1. The number of thioether (sulfide) groups is 3. The van der Waals surface area contributed by atoms with Gasteiger partial charge < -0.3 is 9.32 Å². The van der Waals surface area contributed by atoms with E-state index in [2.05, 4.69) is 34.5 Å². The molecule has 0 unspecified atom stereocenters. The maximum atomic E-state index is 5.61. The van der Waals surface area contributed by atoms with E-state index >= 15 is 0 Å². The Bertz CT molecular complexity index is 778. The highest BCUT2D eigenvalue weighted by Crippen LogP contribution is 2.47. The molecule has 0 radical (unpaired) electrons. The van der Waals surface area contributed by atoms with Gasteiger partial charge in [0.2, 0.25) is 0 Å². The summed E-state index contributed by atoms with van der Waals surface area (Å²) in [6.07, 6.45) is 6.00. The summed E-state index contributed by atoms with van der Waals surface area (Å²) < 4.78 is 6.95. The molecule has 0 spiro atoms. The molecule has 108 valence electrons. The maximum absolute atomic E-state index is 5.61. The van der Waals surface area contributed by atoms with Gasteiger partial charge in [0.1, 0.15) is 5.58 Å². The van der Waals surface area contributed by atoms with E-state index in [1.54, 1.807) is 41.5 Å². The second-order valence-electron chi connectivity index (χ2n) is 4.78. The van der Waals surface area contributed by atoms with Gasteiger partial charge in [-0.25, -0.2) is 0 Å². The van der Waals surface area contributed by atoms with Gasteiger partial charge in [0.05, 0.1) is 27.6 Å². The van der Waals surface area contributed by atoms with Crippen molar-refractivity contribution in [2.45, 2.75) is 4.90 Å². The molecule has 1 aromatic heterocycles. The van der Waals surface area contributed by atoms with E-state index in [1.165, 1.54) is 25.8 Å². The Balaban J connectivity index is 1.90. The van der Waals surface area contributed by atoms with Crippen molar-refractivity contribution in [3.05, 3.63) is 34.3 Å². The van der Waals surface area contributed by atoms with Gasteiger partial charge in [0, 0.05) is 17.5 Å². The molecule has 3 heterocycles. The lowest BCUT2D eigenvalue weighted by molar-refractivity contribution is 0.608. The number of hydrogen-bond donors (Lipinski definition) is 0. The van der Waals surface area contributed by atoms with E-state index in [0.29, 0.717) is 0 Å². The normalized spacial score (nSPS) is 17.8. The molecule has 2 aliphatic heterocycles. The van der Waals surface area contributed by atoms with Crippen LogP contribution in [0.1, 0.15) is 5.56 Å². The van der Waals surface area contributed by atoms with Crippen molar-refractivity contribution in [1.82, 2.24) is 4.90 Å². The van der Waals surface area contributed by atoms with Gasteiger partial charge in [-0.05, 0) is 42.5 Å². The van der Waals surface area contributed by atoms with Crippen LogP contribution in [0.25, 0.3) is 16.7 Å². The Labute approximate surface area is 136 Å². The number of nitrogens with zero attached hydrogens (tertiary/aromatic N) is 2. The zero-order chi connectivity index (χ0) is 14.4. The average Bonchev–Trinajstić information content (AvgIpc) is 3.19. The summed E-state index contributed by atoms with van der Waals surface area (Å²) in [5.74, 6) is 0. The first-order valence-corrected chi connectivity index (χ1v) is 9.92. The number of rotatable bonds is 3. The number of fused-ring (bicyclic) bond motifs is 2. The number of furan rings is 1. The second kappa shape index (κ2) is 5.34. The topological polar surface area (TPSA) is 28.7 Å². The standard InChI is InChI=1S/C15H14N2OS3/c1-19-11-8-10(7-9-3-6-18-13(9)11)12-14(20-2)21-15-16-4-5-17(12)15/h3,6-8H,4-5H2,1-2H3. The number of aliphatic imine (C=N–C) groups is 1. The molecule has 6 heteroatoms. The largest absolute Gasteiger partial charge is 0.463 e. The molecule has 0 saturated heterocycles. The summed E-state index contributed by atoms with van der Waals surface area (Å²) in [6, 6.07) is 6.51. The lowest BCUT2D eigenvalue weighted by Crippen LogP contribution is -2.20. The Morgan fingerprint density at radius 2 is 2.19 bits per heavy atom. The van der Waals surface area contributed by atoms with Gasteiger partial charge in [-0.1, -0.05) is 0 Å². The van der Waals surface area contributed by atoms with Crippen LogP contribution < -0.4 is 0 Å². The fourth-order valence-electron chi connectivity index (χ4n) is 2.71. The van der Waals surface area contributed by atoms with Crippen molar-refractivity contribution in [1.29, 1.82) is 0 Å². The fraction of sp³-hybridized carbons (Fsp3) is 0.267. The highest BCUT2D eigenvalue weighted by atomic mass is 32.2. The van der Waals surface area contributed by atoms with Crippen molar-refractivity contribution >= 4 is 57.1 Å². The molecule has 0 aliphatic carbocycles. The van der Waals surface area contributed by atoms with Gasteiger partial charge in [-0.2, -0.15) is 0 Å². The summed E-state index contributed by atoms with van der Waals surface area (Å²) in [5, 5.41) is 2.31. The molecule has 0 N–H and O–H groups in total. The quantitative estimate of drug-likeness (QED) is 0.767. The number of benzene rings is 1. The van der Waals surface area contributed by atoms with Gasteiger partial charge in [-0.3, -0.25) is 4.99 Å². The van der Waals surface area contributed by atoms with Gasteiger partial charge in [0.15, 0.2) is 5.17 Å². The molecule has 2 aromatic rings. The summed E-state index contributed by atoms with van der Waals surface area (Å²) in [5.41, 5.74) is 3.55. The first kappa shape index (κ1) is 13.7. The Kier molecular flexibility index (Phi) is 3.47. The van der Waals surface area contributed by atoms with E-state index < -0.39 is 0 Å². The summed E-state index contributed by atoms with van der Waals surface area (Å²) >= 11 is 5.33. The van der Waals surface area contributed by atoms with E-state index in [1.807, 2.05) is 6.07 Å². The summed E-state index contributed by atoms with van der Waals surface area (Å²) in [7, 11) is 0. The zero-order valence-corrected chi connectivity index (χ0v) is 14.2. The molecule has 1 aromatic carbocycles. The minimum Gasteiger partial charge on any atom is -0.463 e. The first-order valence-electron chi connectivity index (χ1n) is 6.65. The van der Waals surface area contributed by atoms with Crippen molar-refractivity contribution < 1.29 is 4.42 Å². The van der Waals surface area contributed by atoms with Crippen LogP contribution in [0.15, 0.2) is 43.0 Å². The summed E-state index contributed by atoms with van der Waals surface area (Å²) in [6.45, 7) is 1.89. The van der Waals surface area contributed by atoms with Crippen LogP contribution in [-0.4, -0.2) is 35.7 Å². The first-order chi connectivity index (χ1) is 10.3. The van der Waals surface area contributed by atoms with Crippen molar-refractivity contribution in [2.24, 2.45) is 4.99 Å². The van der Waals surface area contributed by atoms with Crippen molar-refractivity contribution in [2.75, 3.05) is 25.6 Å². The Hall–Kier alpha value is -0.980.